The number of pyridine rings is 1. The number of hydrogen-bond donors (Lipinski definition) is 0. The normalized spacial score (nSPS) is 15.1. The van der Waals surface area contributed by atoms with Gasteiger partial charge in [-0.1, -0.05) is 25.1 Å². The van der Waals surface area contributed by atoms with Crippen molar-refractivity contribution >= 4 is 17.8 Å². The molecular weight excluding hydrogens is 563 g/mol. The predicted octanol–water partition coefficient (Wildman–Crippen LogP) is 6.06. The van der Waals surface area contributed by atoms with Crippen LogP contribution in [-0.2, 0) is 29.0 Å². The van der Waals surface area contributed by atoms with Gasteiger partial charge in [0.15, 0.2) is 17.5 Å². The fourth-order valence-electron chi connectivity index (χ4n) is 4.94. The largest absolute Gasteiger partial charge is 0.711 e. The first-order valence-corrected chi connectivity index (χ1v) is 14.2. The van der Waals surface area contributed by atoms with Crippen LogP contribution in [0.1, 0.15) is 57.2 Å². The Hall–Kier alpha value is -4.28. The van der Waals surface area contributed by atoms with Crippen molar-refractivity contribution in [2.24, 2.45) is 5.92 Å². The van der Waals surface area contributed by atoms with Crippen molar-refractivity contribution in [2.75, 3.05) is 18.1 Å². The van der Waals surface area contributed by atoms with Crippen LogP contribution in [0.15, 0.2) is 54.7 Å². The number of aromatic nitrogens is 1. The van der Waals surface area contributed by atoms with Gasteiger partial charge < -0.3 is 19.6 Å². The van der Waals surface area contributed by atoms with E-state index in [0.29, 0.717) is 29.7 Å². The van der Waals surface area contributed by atoms with Gasteiger partial charge in [-0.2, -0.15) is 9.69 Å². The molecule has 230 valence electrons. The third kappa shape index (κ3) is 7.77. The molecule has 0 saturated carbocycles. The van der Waals surface area contributed by atoms with E-state index in [2.05, 4.69) is 0 Å². The molecule has 1 atom stereocenters. The molecule has 4 rings (SSSR count). The summed E-state index contributed by atoms with van der Waals surface area (Å²) < 4.78 is 53.9. The highest BCUT2D eigenvalue weighted by Crippen LogP contribution is 2.30. The van der Waals surface area contributed by atoms with Crippen LogP contribution >= 0.6 is 0 Å². The van der Waals surface area contributed by atoms with E-state index >= 15 is 0 Å². The number of ether oxygens (including phenoxy) is 2. The average molecular weight is 600 g/mol. The summed E-state index contributed by atoms with van der Waals surface area (Å²) >= 11 is 0. The highest BCUT2D eigenvalue weighted by atomic mass is 19.2. The van der Waals surface area contributed by atoms with Gasteiger partial charge in [0.1, 0.15) is 17.9 Å². The van der Waals surface area contributed by atoms with Gasteiger partial charge in [-0.15, -0.1) is 0 Å². The summed E-state index contributed by atoms with van der Waals surface area (Å²) in [5.74, 6) is -4.03. The molecule has 2 heterocycles. The molecule has 11 heteroatoms. The molecule has 0 radical (unpaired) electrons. The van der Waals surface area contributed by atoms with Crippen LogP contribution in [-0.4, -0.2) is 35.7 Å². The van der Waals surface area contributed by atoms with Gasteiger partial charge in [-0.3, -0.25) is 4.79 Å². The van der Waals surface area contributed by atoms with Gasteiger partial charge in [-0.25, -0.2) is 17.9 Å². The summed E-state index contributed by atoms with van der Waals surface area (Å²) in [6.07, 6.45) is 2.08. The third-order valence-corrected chi connectivity index (χ3v) is 7.12. The standard InChI is InChI=1S/C32H36F3N3O5/c1-5-21-17-22-10-12-25(18-24(22)20-36(30(21)39)19-23-11-13-26(33)29(35)28(23)34)42-16-8-14-37(31(40)43-32(2,3)4)27-9-6-7-15-38(27)41/h6-7,9-13,15,18,21H,5,8,14,16-17,19-20H2,1-4H3. The zero-order valence-corrected chi connectivity index (χ0v) is 24.7. The van der Waals surface area contributed by atoms with Crippen LogP contribution in [0.4, 0.5) is 23.8 Å². The van der Waals surface area contributed by atoms with Crippen molar-refractivity contribution in [3.05, 3.63) is 94.1 Å². The lowest BCUT2D eigenvalue weighted by atomic mass is 9.95. The number of anilines is 1. The summed E-state index contributed by atoms with van der Waals surface area (Å²) in [5.41, 5.74) is 0.891. The lowest BCUT2D eigenvalue weighted by Gasteiger charge is -2.24. The Balaban J connectivity index is 1.46. The zero-order valence-electron chi connectivity index (χ0n) is 24.7. The topological polar surface area (TPSA) is 86.0 Å². The first kappa shape index (κ1) is 31.7. The van der Waals surface area contributed by atoms with Crippen molar-refractivity contribution in [3.63, 3.8) is 0 Å². The van der Waals surface area contributed by atoms with Crippen molar-refractivity contribution in [2.45, 2.75) is 65.6 Å². The maximum Gasteiger partial charge on any atom is 0.507 e. The average Bonchev–Trinajstić information content (AvgIpc) is 3.08. The molecule has 0 fully saturated rings. The van der Waals surface area contributed by atoms with Gasteiger partial charge in [0, 0.05) is 37.1 Å². The van der Waals surface area contributed by atoms with Gasteiger partial charge in [0.25, 0.3) is 5.82 Å². The number of hydrogen-bond acceptors (Lipinski definition) is 5. The Morgan fingerprint density at radius 3 is 2.56 bits per heavy atom. The molecule has 2 aromatic carbocycles. The summed E-state index contributed by atoms with van der Waals surface area (Å²) in [4.78, 5) is 28.9. The number of rotatable bonds is 9. The van der Waals surface area contributed by atoms with E-state index in [9.17, 15) is 28.0 Å². The monoisotopic (exact) mass is 599 g/mol. The number of fused-ring (bicyclic) bond motifs is 1. The molecule has 1 aliphatic rings. The number of nitrogens with zero attached hydrogens (tertiary/aromatic N) is 3. The predicted molar refractivity (Wildman–Crippen MR) is 154 cm³/mol. The van der Waals surface area contributed by atoms with E-state index in [1.54, 1.807) is 39.0 Å². The van der Waals surface area contributed by atoms with Crippen molar-refractivity contribution in [1.29, 1.82) is 0 Å². The first-order chi connectivity index (χ1) is 20.4. The fourth-order valence-corrected chi connectivity index (χ4v) is 4.94. The molecule has 43 heavy (non-hydrogen) atoms. The van der Waals surface area contributed by atoms with Gasteiger partial charge in [-0.05, 0) is 69.0 Å². The molecule has 0 aliphatic carbocycles. The van der Waals surface area contributed by atoms with Crippen LogP contribution in [0.25, 0.3) is 0 Å². The molecule has 0 bridgehead atoms. The summed E-state index contributed by atoms with van der Waals surface area (Å²) in [6.45, 7) is 7.43. The third-order valence-electron chi connectivity index (χ3n) is 7.12. The maximum absolute atomic E-state index is 14.5. The second-order valence-electron chi connectivity index (χ2n) is 11.5. The summed E-state index contributed by atoms with van der Waals surface area (Å²) in [7, 11) is 0. The van der Waals surface area contributed by atoms with Gasteiger partial charge in [0.05, 0.1) is 12.8 Å². The van der Waals surface area contributed by atoms with E-state index in [-0.39, 0.29) is 49.4 Å². The van der Waals surface area contributed by atoms with Crippen molar-refractivity contribution in [3.8, 4) is 5.75 Å². The highest BCUT2D eigenvalue weighted by molar-refractivity contribution is 5.85. The first-order valence-electron chi connectivity index (χ1n) is 14.2. The number of carbonyl (C=O) groups excluding carboxylic acids is 2. The molecule has 0 spiro atoms. The molecule has 0 saturated heterocycles. The summed E-state index contributed by atoms with van der Waals surface area (Å²) in [6, 6.07) is 12.3. The summed E-state index contributed by atoms with van der Waals surface area (Å²) in [5, 5.41) is 12.4. The molecular formula is C32H36F3N3O5. The minimum Gasteiger partial charge on any atom is -0.711 e. The quantitative estimate of drug-likeness (QED) is 0.129. The Morgan fingerprint density at radius 2 is 1.86 bits per heavy atom. The second kappa shape index (κ2) is 13.4. The number of amides is 2. The molecule has 0 N–H and O–H groups in total. The Labute approximate surface area is 249 Å². The van der Waals surface area contributed by atoms with Gasteiger partial charge in [0.2, 0.25) is 5.91 Å². The minimum absolute atomic E-state index is 0.106. The SMILES string of the molecule is CCC1Cc2ccc(OCCCN(C(=O)OC(C)(C)C)c3cccc[n+]3[O-])cc2CN(Cc2ccc(F)c(F)c2F)C1=O. The van der Waals surface area contributed by atoms with E-state index in [0.717, 1.165) is 23.3 Å². The smallest absolute Gasteiger partial charge is 0.507 e. The fraction of sp³-hybridized carbons (Fsp3) is 0.406. The maximum atomic E-state index is 14.5. The lowest BCUT2D eigenvalue weighted by molar-refractivity contribution is -0.591. The Morgan fingerprint density at radius 1 is 1.09 bits per heavy atom. The number of benzene rings is 2. The van der Waals surface area contributed by atoms with E-state index in [1.165, 1.54) is 22.1 Å². The molecule has 1 unspecified atom stereocenters. The van der Waals surface area contributed by atoms with Crippen LogP contribution in [0.2, 0.25) is 0 Å². The van der Waals surface area contributed by atoms with Crippen molar-refractivity contribution in [1.82, 2.24) is 4.90 Å². The van der Waals surface area contributed by atoms with Crippen LogP contribution < -0.4 is 14.4 Å². The molecule has 1 aromatic heterocycles. The second-order valence-corrected chi connectivity index (χ2v) is 11.5. The number of halogens is 3. The van der Waals surface area contributed by atoms with E-state index in [4.69, 9.17) is 9.47 Å². The molecule has 1 aliphatic heterocycles. The Kier molecular flexibility index (Phi) is 9.83. The van der Waals surface area contributed by atoms with E-state index < -0.39 is 29.1 Å². The lowest BCUT2D eigenvalue weighted by Crippen LogP contribution is -2.44. The molecule has 3 aromatic rings. The van der Waals surface area contributed by atoms with Crippen LogP contribution in [0.5, 0.6) is 5.75 Å². The highest BCUT2D eigenvalue weighted by Gasteiger charge is 2.32. The van der Waals surface area contributed by atoms with Crippen LogP contribution in [0.3, 0.4) is 0 Å². The zero-order chi connectivity index (χ0) is 31.3. The van der Waals surface area contributed by atoms with Crippen molar-refractivity contribution < 1.29 is 37.0 Å². The Bertz CT molecular complexity index is 1480. The van der Waals surface area contributed by atoms with E-state index in [1.807, 2.05) is 19.1 Å². The number of carbonyl (C=O) groups is 2. The van der Waals surface area contributed by atoms with Gasteiger partial charge >= 0.3 is 6.09 Å². The van der Waals surface area contributed by atoms with Crippen LogP contribution in [0, 0.1) is 28.6 Å². The molecule has 2 amide bonds. The minimum atomic E-state index is -1.56. The molecule has 8 nitrogen and oxygen atoms in total.